The summed E-state index contributed by atoms with van der Waals surface area (Å²) in [5.41, 5.74) is 10.7. The summed E-state index contributed by atoms with van der Waals surface area (Å²) in [7, 11) is 0. The molecule has 0 N–H and O–H groups in total. The Morgan fingerprint density at radius 1 is 0.362 bits per heavy atom. The molecule has 0 unspecified atom stereocenters. The van der Waals surface area contributed by atoms with Crippen molar-refractivity contribution in [2.75, 3.05) is 0 Å². The van der Waals surface area contributed by atoms with Gasteiger partial charge in [0, 0.05) is 45.7 Å². The first-order valence-electron chi connectivity index (χ1n) is 20.2. The Morgan fingerprint density at radius 3 is 1.76 bits per heavy atom. The molecule has 0 nitrogen and oxygen atoms in total. The molecular formula is C56H34S2. The summed E-state index contributed by atoms with van der Waals surface area (Å²) in [5, 5.41) is 16.0. The number of fused-ring (bicyclic) bond motifs is 14. The number of benzene rings is 10. The Labute approximate surface area is 343 Å². The molecular weight excluding hydrogens is 737 g/mol. The van der Waals surface area contributed by atoms with Crippen LogP contribution in [0.25, 0.3) is 117 Å². The van der Waals surface area contributed by atoms with Crippen molar-refractivity contribution in [3.63, 3.8) is 0 Å². The molecule has 0 atom stereocenters. The van der Waals surface area contributed by atoms with Gasteiger partial charge < -0.3 is 0 Å². The summed E-state index contributed by atoms with van der Waals surface area (Å²) >= 11 is 3.91. The van der Waals surface area contributed by atoms with E-state index in [-0.39, 0.29) is 0 Å². The molecule has 2 heteroatoms. The number of hydrogen-bond donors (Lipinski definition) is 0. The molecule has 2 heterocycles. The van der Waals surface area contributed by atoms with Crippen LogP contribution in [-0.4, -0.2) is 0 Å². The Kier molecular flexibility index (Phi) is 6.98. The maximum atomic E-state index is 2.48. The number of aryl methyl sites for hydroxylation is 1. The lowest BCUT2D eigenvalue weighted by molar-refractivity contribution is 1.00. The molecule has 1 aliphatic carbocycles. The minimum atomic E-state index is 1.02. The highest BCUT2D eigenvalue weighted by Gasteiger charge is 2.22. The molecule has 0 bridgehead atoms. The summed E-state index contributed by atoms with van der Waals surface area (Å²) in [4.78, 5) is 0. The minimum Gasteiger partial charge on any atom is -0.134 e. The average Bonchev–Trinajstić information content (AvgIpc) is 3.87. The van der Waals surface area contributed by atoms with Crippen molar-refractivity contribution < 1.29 is 0 Å². The van der Waals surface area contributed by atoms with Crippen LogP contribution in [0.15, 0.2) is 176 Å². The van der Waals surface area contributed by atoms with E-state index in [9.17, 15) is 0 Å². The summed E-state index contributed by atoms with van der Waals surface area (Å²) < 4.78 is 5.55. The van der Waals surface area contributed by atoms with Gasteiger partial charge in [-0.15, -0.1) is 22.7 Å². The Morgan fingerprint density at radius 2 is 0.966 bits per heavy atom. The molecule has 2 aromatic heterocycles. The molecule has 0 aliphatic heterocycles. The van der Waals surface area contributed by atoms with Crippen LogP contribution in [0.1, 0.15) is 23.1 Å². The van der Waals surface area contributed by atoms with E-state index in [0.717, 1.165) is 12.8 Å². The van der Waals surface area contributed by atoms with Crippen molar-refractivity contribution in [2.45, 2.75) is 12.8 Å². The highest BCUT2D eigenvalue weighted by molar-refractivity contribution is 7.30. The van der Waals surface area contributed by atoms with Gasteiger partial charge in [0.1, 0.15) is 0 Å². The monoisotopic (exact) mass is 770 g/mol. The first-order valence-corrected chi connectivity index (χ1v) is 21.8. The minimum absolute atomic E-state index is 1.02. The maximum Gasteiger partial charge on any atom is 0.0455 e. The molecule has 10 aromatic carbocycles. The Bertz CT molecular complexity index is 3680. The lowest BCUT2D eigenvalue weighted by Crippen LogP contribution is -2.00. The third-order valence-corrected chi connectivity index (χ3v) is 15.1. The zero-order valence-corrected chi connectivity index (χ0v) is 33.2. The van der Waals surface area contributed by atoms with Gasteiger partial charge in [0.2, 0.25) is 0 Å². The Balaban J connectivity index is 0.942. The van der Waals surface area contributed by atoms with Gasteiger partial charge in [-0.3, -0.25) is 0 Å². The van der Waals surface area contributed by atoms with Gasteiger partial charge >= 0.3 is 0 Å². The van der Waals surface area contributed by atoms with E-state index >= 15 is 0 Å². The van der Waals surface area contributed by atoms with Gasteiger partial charge in [0.05, 0.1) is 0 Å². The van der Waals surface area contributed by atoms with Gasteiger partial charge in [-0.2, -0.15) is 0 Å². The first kappa shape index (κ1) is 32.5. The molecule has 12 aromatic rings. The molecule has 0 radical (unpaired) electrons. The summed E-state index contributed by atoms with van der Waals surface area (Å²) in [6.45, 7) is 0. The second-order valence-corrected chi connectivity index (χ2v) is 17.9. The second kappa shape index (κ2) is 12.5. The van der Waals surface area contributed by atoms with Crippen molar-refractivity contribution in [3.8, 4) is 22.3 Å². The fourth-order valence-corrected chi connectivity index (χ4v) is 12.8. The van der Waals surface area contributed by atoms with Crippen molar-refractivity contribution in [3.05, 3.63) is 193 Å². The number of allylic oxidation sites excluding steroid dienone is 1. The summed E-state index contributed by atoms with van der Waals surface area (Å²) in [5.74, 6) is 0. The quantitative estimate of drug-likeness (QED) is 0.157. The van der Waals surface area contributed by atoms with Crippen LogP contribution in [-0.2, 0) is 6.42 Å². The molecule has 1 aliphatic rings. The zero-order chi connectivity index (χ0) is 37.9. The topological polar surface area (TPSA) is 0 Å². The van der Waals surface area contributed by atoms with Crippen molar-refractivity contribution in [2.24, 2.45) is 0 Å². The lowest BCUT2D eigenvalue weighted by atomic mass is 9.83. The molecule has 13 rings (SSSR count). The first-order chi connectivity index (χ1) is 28.8. The van der Waals surface area contributed by atoms with E-state index in [1.807, 2.05) is 22.7 Å². The highest BCUT2D eigenvalue weighted by Crippen LogP contribution is 2.50. The van der Waals surface area contributed by atoms with Gasteiger partial charge in [-0.25, -0.2) is 0 Å². The van der Waals surface area contributed by atoms with E-state index in [1.165, 1.54) is 128 Å². The smallest absolute Gasteiger partial charge is 0.0455 e. The molecule has 0 fully saturated rings. The second-order valence-electron chi connectivity index (χ2n) is 15.8. The van der Waals surface area contributed by atoms with Gasteiger partial charge in [-0.1, -0.05) is 170 Å². The predicted octanol–water partition coefficient (Wildman–Crippen LogP) is 16.9. The van der Waals surface area contributed by atoms with E-state index in [0.29, 0.717) is 0 Å². The molecule has 270 valence electrons. The zero-order valence-electron chi connectivity index (χ0n) is 31.6. The number of rotatable bonds is 3. The number of thiophene rings is 2. The largest absolute Gasteiger partial charge is 0.134 e. The lowest BCUT2D eigenvalue weighted by Gasteiger charge is -2.21. The SMILES string of the molecule is C1=C(c2ccc3c(c2)sc2c4ccccc4c4c5ccccc5sc4c32)CCc2cc(-c3c4ccccc4c(-c4cccc5ccccc45)c4ccccc34)ccc21. The van der Waals surface area contributed by atoms with Crippen LogP contribution in [0, 0.1) is 0 Å². The average molecular weight is 771 g/mol. The van der Waals surface area contributed by atoms with Gasteiger partial charge in [0.15, 0.2) is 0 Å². The molecule has 0 saturated carbocycles. The standard InChI is InChI=1S/C56H34S2/c1-2-14-39-33(12-1)13-11-22-40(39)52-43-17-5-3-15-41(43)51(42-16-4-6-18-44(42)52)38-27-26-34-30-35(24-25-36(34)31-38)37-28-29-48-50(32-37)58-55-46-20-8-7-19-45(46)53-47-21-9-10-23-49(47)57-56(53)54(48)55/h1-23,26-32H,24-25H2. The normalized spacial score (nSPS) is 13.1. The van der Waals surface area contributed by atoms with Crippen LogP contribution in [0.5, 0.6) is 0 Å². The third-order valence-electron chi connectivity index (χ3n) is 12.7. The molecule has 0 saturated heterocycles. The molecule has 0 amide bonds. The van der Waals surface area contributed by atoms with Crippen molar-refractivity contribution >= 4 is 118 Å². The summed E-state index contributed by atoms with van der Waals surface area (Å²) in [6, 6.07) is 65.9. The fraction of sp³-hybridized carbons (Fsp3) is 0.0357. The van der Waals surface area contributed by atoms with E-state index in [2.05, 4.69) is 182 Å². The van der Waals surface area contributed by atoms with Crippen LogP contribution in [0.2, 0.25) is 0 Å². The van der Waals surface area contributed by atoms with E-state index in [4.69, 9.17) is 0 Å². The number of hydrogen-bond acceptors (Lipinski definition) is 2. The van der Waals surface area contributed by atoms with Crippen molar-refractivity contribution in [1.29, 1.82) is 0 Å². The molecule has 58 heavy (non-hydrogen) atoms. The fourth-order valence-electron chi connectivity index (χ4n) is 10.1. The summed E-state index contributed by atoms with van der Waals surface area (Å²) in [6.07, 6.45) is 4.50. The highest BCUT2D eigenvalue weighted by atomic mass is 32.1. The van der Waals surface area contributed by atoms with Crippen molar-refractivity contribution in [1.82, 2.24) is 0 Å². The van der Waals surface area contributed by atoms with Crippen LogP contribution >= 0.6 is 22.7 Å². The Hall–Kier alpha value is -6.58. The van der Waals surface area contributed by atoms with Crippen LogP contribution in [0.4, 0.5) is 0 Å². The van der Waals surface area contributed by atoms with E-state index in [1.54, 1.807) is 0 Å². The van der Waals surface area contributed by atoms with Crippen LogP contribution in [0.3, 0.4) is 0 Å². The maximum absolute atomic E-state index is 2.48. The molecule has 0 spiro atoms. The van der Waals surface area contributed by atoms with E-state index < -0.39 is 0 Å². The predicted molar refractivity (Wildman–Crippen MR) is 256 cm³/mol. The third kappa shape index (κ3) is 4.68. The van der Waals surface area contributed by atoms with Gasteiger partial charge in [-0.05, 0) is 107 Å². The van der Waals surface area contributed by atoms with Crippen LogP contribution < -0.4 is 0 Å². The van der Waals surface area contributed by atoms with Gasteiger partial charge in [0.25, 0.3) is 0 Å².